The molecule has 5 nitrogen and oxygen atoms in total. The Kier molecular flexibility index (Phi) is 5.49. The van der Waals surface area contributed by atoms with Crippen LogP contribution >= 0.6 is 0 Å². The number of hydrogen-bond donors (Lipinski definition) is 1. The summed E-state index contributed by atoms with van der Waals surface area (Å²) in [7, 11) is 0. The average Bonchev–Trinajstić information content (AvgIpc) is 2.63. The summed E-state index contributed by atoms with van der Waals surface area (Å²) in [6.45, 7) is 8.92. The third kappa shape index (κ3) is 4.85. The van der Waals surface area contributed by atoms with Gasteiger partial charge in [-0.2, -0.15) is 0 Å². The van der Waals surface area contributed by atoms with Crippen LogP contribution in [0.1, 0.15) is 52.9 Å². The van der Waals surface area contributed by atoms with Crippen LogP contribution in [-0.2, 0) is 4.74 Å². The molecule has 5 heteroatoms. The monoisotopic (exact) mass is 298 g/mol. The molecule has 21 heavy (non-hydrogen) atoms. The molecule has 1 amide bonds. The van der Waals surface area contributed by atoms with E-state index in [1.165, 1.54) is 6.42 Å². The lowest BCUT2D eigenvalue weighted by molar-refractivity contribution is 0.0163. The van der Waals surface area contributed by atoms with Crippen molar-refractivity contribution in [1.82, 2.24) is 9.80 Å². The average molecular weight is 298 g/mol. The molecule has 2 fully saturated rings. The van der Waals surface area contributed by atoms with E-state index in [4.69, 9.17) is 4.74 Å². The second-order valence-corrected chi connectivity index (χ2v) is 7.28. The Morgan fingerprint density at radius 2 is 1.76 bits per heavy atom. The summed E-state index contributed by atoms with van der Waals surface area (Å²) < 4.78 is 5.45. The number of nitrogens with zero attached hydrogens (tertiary/aromatic N) is 2. The molecule has 1 saturated heterocycles. The van der Waals surface area contributed by atoms with E-state index in [9.17, 15) is 9.90 Å². The van der Waals surface area contributed by atoms with Gasteiger partial charge in [0.25, 0.3) is 0 Å². The Morgan fingerprint density at radius 1 is 1.05 bits per heavy atom. The van der Waals surface area contributed by atoms with Crippen molar-refractivity contribution in [2.45, 2.75) is 70.6 Å². The van der Waals surface area contributed by atoms with Gasteiger partial charge in [0.15, 0.2) is 0 Å². The molecule has 0 unspecified atom stereocenters. The molecular formula is C16H30N2O3. The highest BCUT2D eigenvalue weighted by atomic mass is 16.6. The summed E-state index contributed by atoms with van der Waals surface area (Å²) >= 11 is 0. The summed E-state index contributed by atoms with van der Waals surface area (Å²) in [5, 5.41) is 10.2. The Morgan fingerprint density at radius 3 is 2.43 bits per heavy atom. The molecule has 0 aromatic carbocycles. The smallest absolute Gasteiger partial charge is 0.410 e. The summed E-state index contributed by atoms with van der Waals surface area (Å²) in [6.07, 6.45) is 4.86. The van der Waals surface area contributed by atoms with Gasteiger partial charge in [-0.25, -0.2) is 4.79 Å². The Hall–Kier alpha value is -0.810. The first-order valence-electron chi connectivity index (χ1n) is 8.27. The summed E-state index contributed by atoms with van der Waals surface area (Å²) in [6, 6.07) is 0.275. The van der Waals surface area contributed by atoms with E-state index in [-0.39, 0.29) is 18.2 Å². The lowest BCUT2D eigenvalue weighted by Crippen LogP contribution is -2.47. The number of carbonyl (C=O) groups is 1. The van der Waals surface area contributed by atoms with Gasteiger partial charge >= 0.3 is 6.09 Å². The van der Waals surface area contributed by atoms with E-state index in [2.05, 4.69) is 4.90 Å². The number of amides is 1. The first-order chi connectivity index (χ1) is 9.87. The fourth-order valence-corrected chi connectivity index (χ4v) is 3.30. The van der Waals surface area contributed by atoms with E-state index in [0.717, 1.165) is 45.3 Å². The zero-order valence-electron chi connectivity index (χ0n) is 13.7. The van der Waals surface area contributed by atoms with Crippen molar-refractivity contribution in [3.63, 3.8) is 0 Å². The molecular weight excluding hydrogens is 268 g/mol. The van der Waals surface area contributed by atoms with Crippen LogP contribution in [-0.4, -0.2) is 64.9 Å². The largest absolute Gasteiger partial charge is 0.444 e. The van der Waals surface area contributed by atoms with Crippen LogP contribution in [0.3, 0.4) is 0 Å². The Labute approximate surface area is 128 Å². The van der Waals surface area contributed by atoms with Gasteiger partial charge in [-0.15, -0.1) is 0 Å². The minimum absolute atomic E-state index is 0.202. The zero-order valence-corrected chi connectivity index (χ0v) is 13.7. The maximum atomic E-state index is 12.1. The molecule has 1 saturated carbocycles. The molecule has 1 N–H and O–H groups in total. The lowest BCUT2D eigenvalue weighted by atomic mass is 9.91. The van der Waals surface area contributed by atoms with Crippen molar-refractivity contribution < 1.29 is 14.6 Å². The molecule has 0 aromatic heterocycles. The van der Waals surface area contributed by atoms with E-state index in [1.807, 2.05) is 20.8 Å². The molecule has 0 aromatic rings. The Bertz CT molecular complexity index is 354. The summed E-state index contributed by atoms with van der Waals surface area (Å²) in [4.78, 5) is 16.3. The summed E-state index contributed by atoms with van der Waals surface area (Å²) in [5.74, 6) is 0. The van der Waals surface area contributed by atoms with Gasteiger partial charge in [-0.1, -0.05) is 12.8 Å². The first kappa shape index (κ1) is 16.6. The quantitative estimate of drug-likeness (QED) is 0.806. The van der Waals surface area contributed by atoms with Crippen LogP contribution in [0.2, 0.25) is 0 Å². The van der Waals surface area contributed by atoms with Crippen LogP contribution in [0, 0.1) is 0 Å². The van der Waals surface area contributed by atoms with Gasteiger partial charge in [-0.3, -0.25) is 4.90 Å². The second kappa shape index (κ2) is 6.97. The number of hydrogen-bond acceptors (Lipinski definition) is 4. The van der Waals surface area contributed by atoms with E-state index >= 15 is 0 Å². The number of carbonyl (C=O) groups excluding carboxylic acids is 1. The minimum atomic E-state index is -0.442. The second-order valence-electron chi connectivity index (χ2n) is 7.28. The number of rotatable bonds is 1. The molecule has 0 radical (unpaired) electrons. The van der Waals surface area contributed by atoms with Crippen LogP contribution in [0.4, 0.5) is 4.79 Å². The lowest BCUT2D eigenvalue weighted by Gasteiger charge is -2.37. The first-order valence-corrected chi connectivity index (χ1v) is 8.27. The third-order valence-corrected chi connectivity index (χ3v) is 4.35. The molecule has 1 heterocycles. The number of aliphatic hydroxyl groups is 1. The SMILES string of the molecule is CC(C)(C)OC(=O)N1CCCN([C@H]2CCCC[C@@H]2O)CC1. The molecule has 1 aliphatic carbocycles. The van der Waals surface area contributed by atoms with Crippen molar-refractivity contribution in [2.75, 3.05) is 26.2 Å². The minimum Gasteiger partial charge on any atom is -0.444 e. The number of aliphatic hydroxyl groups excluding tert-OH is 1. The fraction of sp³-hybridized carbons (Fsp3) is 0.938. The van der Waals surface area contributed by atoms with Crippen molar-refractivity contribution in [3.8, 4) is 0 Å². The predicted octanol–water partition coefficient (Wildman–Crippen LogP) is 2.23. The molecule has 122 valence electrons. The van der Waals surface area contributed by atoms with Crippen molar-refractivity contribution >= 4 is 6.09 Å². The van der Waals surface area contributed by atoms with Crippen LogP contribution in [0.5, 0.6) is 0 Å². The normalized spacial score (nSPS) is 29.0. The number of ether oxygens (including phenoxy) is 1. The van der Waals surface area contributed by atoms with Gasteiger partial charge in [0.1, 0.15) is 5.60 Å². The fourth-order valence-electron chi connectivity index (χ4n) is 3.30. The highest BCUT2D eigenvalue weighted by Gasteiger charge is 2.31. The van der Waals surface area contributed by atoms with Crippen molar-refractivity contribution in [3.05, 3.63) is 0 Å². The third-order valence-electron chi connectivity index (χ3n) is 4.35. The van der Waals surface area contributed by atoms with Gasteiger partial charge < -0.3 is 14.7 Å². The highest BCUT2D eigenvalue weighted by molar-refractivity contribution is 5.68. The zero-order chi connectivity index (χ0) is 15.5. The molecule has 2 aliphatic rings. The highest BCUT2D eigenvalue weighted by Crippen LogP contribution is 2.24. The Balaban J connectivity index is 1.88. The summed E-state index contributed by atoms with van der Waals surface area (Å²) in [5.41, 5.74) is -0.442. The van der Waals surface area contributed by atoms with E-state index in [1.54, 1.807) is 4.90 Å². The van der Waals surface area contributed by atoms with Crippen LogP contribution in [0.25, 0.3) is 0 Å². The van der Waals surface area contributed by atoms with Gasteiger partial charge in [-0.05, 0) is 40.0 Å². The maximum Gasteiger partial charge on any atom is 0.410 e. The topological polar surface area (TPSA) is 53.0 Å². The predicted molar refractivity (Wildman–Crippen MR) is 82.3 cm³/mol. The van der Waals surface area contributed by atoms with Gasteiger partial charge in [0.05, 0.1) is 6.10 Å². The molecule has 2 atom stereocenters. The molecule has 0 spiro atoms. The molecule has 0 bridgehead atoms. The van der Waals surface area contributed by atoms with Crippen molar-refractivity contribution in [1.29, 1.82) is 0 Å². The van der Waals surface area contributed by atoms with Gasteiger partial charge in [0.2, 0.25) is 0 Å². The van der Waals surface area contributed by atoms with Crippen LogP contribution in [0.15, 0.2) is 0 Å². The van der Waals surface area contributed by atoms with E-state index < -0.39 is 5.60 Å². The van der Waals surface area contributed by atoms with Crippen LogP contribution < -0.4 is 0 Å². The van der Waals surface area contributed by atoms with Crippen molar-refractivity contribution in [2.24, 2.45) is 0 Å². The maximum absolute atomic E-state index is 12.1. The van der Waals surface area contributed by atoms with Gasteiger partial charge in [0, 0.05) is 32.2 Å². The molecule has 1 aliphatic heterocycles. The standard InChI is InChI=1S/C16H30N2O3/c1-16(2,3)21-15(20)18-10-6-9-17(11-12-18)13-7-4-5-8-14(13)19/h13-14,19H,4-12H2,1-3H3/t13-,14-/m0/s1. The molecule has 2 rings (SSSR count). The van der Waals surface area contributed by atoms with E-state index in [0.29, 0.717) is 6.54 Å².